The number of hydrogen-bond acceptors (Lipinski definition) is 5. The summed E-state index contributed by atoms with van der Waals surface area (Å²) in [5.74, 6) is -1.52. The van der Waals surface area contributed by atoms with Crippen molar-refractivity contribution in [3.05, 3.63) is 119 Å². The standard InChI is InChI=1S/C28H23F5N2O4/c29-22-5-1-18(2-6-22)11-14-37-26-8-4-21(17-34-26)23(15-19-9-12-35(36)13-10-19)20-3-7-24(38-27(30)31)25(16-20)39-28(32)33/h1-10,12-13,16-17,23,27-28H,11,14-15H2. The molecule has 0 saturated carbocycles. The van der Waals surface area contributed by atoms with Crippen molar-refractivity contribution in [3.63, 3.8) is 0 Å². The minimum Gasteiger partial charge on any atom is -0.619 e. The fraction of sp³-hybridized carbons (Fsp3) is 0.214. The lowest BCUT2D eigenvalue weighted by Gasteiger charge is -2.20. The summed E-state index contributed by atoms with van der Waals surface area (Å²) >= 11 is 0. The Morgan fingerprint density at radius 2 is 1.44 bits per heavy atom. The van der Waals surface area contributed by atoms with Gasteiger partial charge in [-0.25, -0.2) is 9.37 Å². The Morgan fingerprint density at radius 3 is 2.08 bits per heavy atom. The van der Waals surface area contributed by atoms with Crippen LogP contribution in [0.5, 0.6) is 17.4 Å². The van der Waals surface area contributed by atoms with Crippen LogP contribution in [0.2, 0.25) is 0 Å². The number of hydrogen-bond donors (Lipinski definition) is 0. The highest BCUT2D eigenvalue weighted by Crippen LogP contribution is 2.37. The summed E-state index contributed by atoms with van der Waals surface area (Å²) in [4.78, 5) is 4.34. The van der Waals surface area contributed by atoms with Gasteiger partial charge in [0.1, 0.15) is 5.82 Å². The molecule has 0 aliphatic rings. The lowest BCUT2D eigenvalue weighted by molar-refractivity contribution is -0.605. The van der Waals surface area contributed by atoms with Crippen molar-refractivity contribution in [3.8, 4) is 17.4 Å². The number of rotatable bonds is 12. The van der Waals surface area contributed by atoms with E-state index in [0.29, 0.717) is 41.2 Å². The normalized spacial score (nSPS) is 12.0. The molecule has 4 rings (SSSR count). The lowest BCUT2D eigenvalue weighted by Crippen LogP contribution is -2.24. The van der Waals surface area contributed by atoms with E-state index >= 15 is 0 Å². The van der Waals surface area contributed by atoms with Gasteiger partial charge in [-0.2, -0.15) is 22.3 Å². The highest BCUT2D eigenvalue weighted by Gasteiger charge is 2.21. The van der Waals surface area contributed by atoms with Crippen LogP contribution in [0.3, 0.4) is 0 Å². The predicted molar refractivity (Wildman–Crippen MR) is 130 cm³/mol. The van der Waals surface area contributed by atoms with Gasteiger partial charge in [0.15, 0.2) is 23.9 Å². The number of benzene rings is 2. The molecule has 0 fully saturated rings. The number of alkyl halides is 4. The zero-order valence-corrected chi connectivity index (χ0v) is 20.4. The number of nitrogens with zero attached hydrogens (tertiary/aromatic N) is 2. The van der Waals surface area contributed by atoms with Gasteiger partial charge < -0.3 is 19.4 Å². The SMILES string of the molecule is [O-][n+]1ccc(CC(c2ccc(OCCc3ccc(F)cc3)nc2)c2ccc(OC(F)F)c(OC(F)F)c2)cc1. The third-order valence-electron chi connectivity index (χ3n) is 5.83. The van der Waals surface area contributed by atoms with E-state index in [1.807, 2.05) is 0 Å². The predicted octanol–water partition coefficient (Wildman–Crippen LogP) is 6.05. The van der Waals surface area contributed by atoms with Gasteiger partial charge in [-0.3, -0.25) is 0 Å². The quantitative estimate of drug-likeness (QED) is 0.123. The van der Waals surface area contributed by atoms with Crippen molar-refractivity contribution in [1.82, 2.24) is 4.98 Å². The molecule has 204 valence electrons. The van der Waals surface area contributed by atoms with Crippen LogP contribution in [-0.4, -0.2) is 24.8 Å². The molecule has 0 saturated heterocycles. The van der Waals surface area contributed by atoms with E-state index < -0.39 is 30.6 Å². The Bertz CT molecular complexity index is 1340. The second-order valence-electron chi connectivity index (χ2n) is 8.44. The maximum Gasteiger partial charge on any atom is 0.387 e. The average molecular weight is 546 g/mol. The van der Waals surface area contributed by atoms with E-state index in [2.05, 4.69) is 14.5 Å². The molecule has 11 heteroatoms. The maximum atomic E-state index is 13.1. The lowest BCUT2D eigenvalue weighted by atomic mass is 9.87. The second kappa shape index (κ2) is 12.9. The minimum absolute atomic E-state index is 0.306. The first-order chi connectivity index (χ1) is 18.8. The first-order valence-electron chi connectivity index (χ1n) is 11.8. The van der Waals surface area contributed by atoms with Crippen molar-refractivity contribution in [1.29, 1.82) is 0 Å². The van der Waals surface area contributed by atoms with Gasteiger partial charge in [-0.15, -0.1) is 0 Å². The van der Waals surface area contributed by atoms with E-state index in [0.717, 1.165) is 17.2 Å². The summed E-state index contributed by atoms with van der Waals surface area (Å²) in [6.07, 6.45) is 5.09. The monoisotopic (exact) mass is 546 g/mol. The molecule has 0 amide bonds. The topological polar surface area (TPSA) is 67.5 Å². The molecule has 1 atom stereocenters. The Hall–Kier alpha value is -4.41. The van der Waals surface area contributed by atoms with Crippen molar-refractivity contribution in [2.75, 3.05) is 6.61 Å². The van der Waals surface area contributed by atoms with Gasteiger partial charge in [-0.1, -0.05) is 24.3 Å². The van der Waals surface area contributed by atoms with Gasteiger partial charge in [0.05, 0.1) is 6.61 Å². The first-order valence-corrected chi connectivity index (χ1v) is 11.8. The molecule has 39 heavy (non-hydrogen) atoms. The molecule has 4 aromatic rings. The highest BCUT2D eigenvalue weighted by atomic mass is 19.3. The summed E-state index contributed by atoms with van der Waals surface area (Å²) in [7, 11) is 0. The van der Waals surface area contributed by atoms with Crippen LogP contribution in [0, 0.1) is 11.0 Å². The van der Waals surface area contributed by atoms with Crippen LogP contribution in [-0.2, 0) is 12.8 Å². The molecule has 2 aromatic carbocycles. The molecule has 0 aliphatic carbocycles. The Kier molecular flexibility index (Phi) is 9.14. The zero-order chi connectivity index (χ0) is 27.8. The van der Waals surface area contributed by atoms with Crippen LogP contribution in [0.4, 0.5) is 22.0 Å². The zero-order valence-electron chi connectivity index (χ0n) is 20.4. The maximum absolute atomic E-state index is 13.1. The van der Waals surface area contributed by atoms with Crippen LogP contribution < -0.4 is 18.9 Å². The molecule has 0 N–H and O–H groups in total. The van der Waals surface area contributed by atoms with Crippen LogP contribution in [0.1, 0.15) is 28.2 Å². The molecule has 6 nitrogen and oxygen atoms in total. The molecular weight excluding hydrogens is 523 g/mol. The number of aromatic nitrogens is 2. The molecule has 2 heterocycles. The van der Waals surface area contributed by atoms with Crippen molar-refractivity contribution < 1.29 is 40.9 Å². The molecule has 0 spiro atoms. The van der Waals surface area contributed by atoms with Gasteiger partial charge in [0.2, 0.25) is 5.88 Å². The number of halogens is 5. The Balaban J connectivity index is 1.57. The molecular formula is C28H23F5N2O4. The van der Waals surface area contributed by atoms with Crippen molar-refractivity contribution in [2.45, 2.75) is 32.0 Å². The summed E-state index contributed by atoms with van der Waals surface area (Å²) in [6.45, 7) is -6.18. The smallest absolute Gasteiger partial charge is 0.387 e. The largest absolute Gasteiger partial charge is 0.619 e. The summed E-state index contributed by atoms with van der Waals surface area (Å²) < 4.78 is 79.8. The van der Waals surface area contributed by atoms with Gasteiger partial charge in [0.25, 0.3) is 0 Å². The van der Waals surface area contributed by atoms with Crippen molar-refractivity contribution >= 4 is 0 Å². The van der Waals surface area contributed by atoms with E-state index in [9.17, 15) is 27.2 Å². The molecule has 0 bridgehead atoms. The Morgan fingerprint density at radius 1 is 0.769 bits per heavy atom. The van der Waals surface area contributed by atoms with Gasteiger partial charge in [0, 0.05) is 36.7 Å². The van der Waals surface area contributed by atoms with Crippen LogP contribution in [0.15, 0.2) is 85.3 Å². The third-order valence-corrected chi connectivity index (χ3v) is 5.83. The Labute approximate surface area is 220 Å². The van der Waals surface area contributed by atoms with Crippen LogP contribution in [0.25, 0.3) is 0 Å². The van der Waals surface area contributed by atoms with Crippen LogP contribution >= 0.6 is 0 Å². The number of ether oxygens (including phenoxy) is 3. The van der Waals surface area contributed by atoms with Gasteiger partial charge in [-0.05, 0) is 52.9 Å². The molecule has 2 aromatic heterocycles. The van der Waals surface area contributed by atoms with E-state index in [1.165, 1.54) is 36.7 Å². The first kappa shape index (κ1) is 27.6. The fourth-order valence-corrected chi connectivity index (χ4v) is 3.97. The molecule has 1 unspecified atom stereocenters. The fourth-order valence-electron chi connectivity index (χ4n) is 3.97. The van der Waals surface area contributed by atoms with E-state index in [1.54, 1.807) is 42.6 Å². The van der Waals surface area contributed by atoms with Crippen molar-refractivity contribution in [2.24, 2.45) is 0 Å². The third kappa shape index (κ3) is 8.03. The summed E-state index contributed by atoms with van der Waals surface area (Å²) in [5, 5.41) is 11.5. The molecule has 0 radical (unpaired) electrons. The van der Waals surface area contributed by atoms with E-state index in [-0.39, 0.29) is 5.82 Å². The highest BCUT2D eigenvalue weighted by molar-refractivity contribution is 5.47. The second-order valence-corrected chi connectivity index (χ2v) is 8.44. The summed E-state index contributed by atoms with van der Waals surface area (Å²) in [6, 6.07) is 16.5. The molecule has 0 aliphatic heterocycles. The average Bonchev–Trinajstić information content (AvgIpc) is 2.90. The summed E-state index contributed by atoms with van der Waals surface area (Å²) in [5.41, 5.74) is 2.80. The number of pyridine rings is 2. The van der Waals surface area contributed by atoms with Gasteiger partial charge >= 0.3 is 13.2 Å². The minimum atomic E-state index is -3.26. The van der Waals surface area contributed by atoms with E-state index in [4.69, 9.17) is 4.74 Å².